The maximum Gasteiger partial charge on any atom is 0.337 e. The molecule has 1 aromatic rings. The van der Waals surface area contributed by atoms with E-state index < -0.39 is 5.97 Å². The highest BCUT2D eigenvalue weighted by atomic mass is 16.5. The van der Waals surface area contributed by atoms with Crippen LogP contribution in [0.1, 0.15) is 29.8 Å². The lowest BCUT2D eigenvalue weighted by atomic mass is 10.1. The monoisotopic (exact) mass is 301 g/mol. The van der Waals surface area contributed by atoms with Crippen LogP contribution in [0.25, 0.3) is 0 Å². The van der Waals surface area contributed by atoms with Gasteiger partial charge in [-0.25, -0.2) is 4.79 Å². The normalized spacial score (nSPS) is 16.4. The topological polar surface area (TPSA) is 82.5 Å². The molecular weight excluding hydrogens is 282 g/mol. The van der Waals surface area contributed by atoms with Gasteiger partial charge in [-0.1, -0.05) is 32.1 Å². The third-order valence-corrected chi connectivity index (χ3v) is 3.19. The zero-order chi connectivity index (χ0) is 16.3. The minimum atomic E-state index is -0.428. The fraction of sp³-hybridized carbons (Fsp3) is 0.312. The Balaban J connectivity index is 2.19. The summed E-state index contributed by atoms with van der Waals surface area (Å²) >= 11 is 0. The number of hydrogen-bond acceptors (Lipinski definition) is 4. The highest BCUT2D eigenvalue weighted by Crippen LogP contribution is 2.16. The van der Waals surface area contributed by atoms with E-state index in [1.54, 1.807) is 30.3 Å². The fourth-order valence-corrected chi connectivity index (χ4v) is 2.19. The molecule has 22 heavy (non-hydrogen) atoms. The van der Waals surface area contributed by atoms with Gasteiger partial charge in [0.1, 0.15) is 5.70 Å². The predicted octanol–water partition coefficient (Wildman–Crippen LogP) is 1.88. The highest BCUT2D eigenvalue weighted by Gasteiger charge is 2.30. The second-order valence-corrected chi connectivity index (χ2v) is 5.38. The molecule has 0 unspecified atom stereocenters. The van der Waals surface area contributed by atoms with E-state index in [9.17, 15) is 9.59 Å². The SMILES string of the molecule is COC(=O)c1cccc(CN2C(=N)N/C(=C\C(C)C)C2=O)c1. The van der Waals surface area contributed by atoms with E-state index >= 15 is 0 Å². The summed E-state index contributed by atoms with van der Waals surface area (Å²) in [4.78, 5) is 25.2. The lowest BCUT2D eigenvalue weighted by Gasteiger charge is -2.14. The lowest BCUT2D eigenvalue weighted by Crippen LogP contribution is -2.31. The van der Waals surface area contributed by atoms with Crippen molar-refractivity contribution in [2.24, 2.45) is 5.92 Å². The molecule has 0 spiro atoms. The minimum Gasteiger partial charge on any atom is -0.465 e. The van der Waals surface area contributed by atoms with E-state index in [0.29, 0.717) is 11.3 Å². The first-order chi connectivity index (χ1) is 10.4. The van der Waals surface area contributed by atoms with Gasteiger partial charge in [-0.05, 0) is 23.6 Å². The molecule has 1 amide bonds. The van der Waals surface area contributed by atoms with Crippen molar-refractivity contribution >= 4 is 17.8 Å². The summed E-state index contributed by atoms with van der Waals surface area (Å²) in [5.41, 5.74) is 1.60. The Labute approximate surface area is 129 Å². The van der Waals surface area contributed by atoms with Gasteiger partial charge in [0.2, 0.25) is 5.96 Å². The second kappa shape index (κ2) is 6.43. The van der Waals surface area contributed by atoms with Crippen LogP contribution in [0.3, 0.4) is 0 Å². The van der Waals surface area contributed by atoms with Gasteiger partial charge in [-0.15, -0.1) is 0 Å². The maximum absolute atomic E-state index is 12.3. The molecule has 2 N–H and O–H groups in total. The van der Waals surface area contributed by atoms with E-state index in [-0.39, 0.29) is 24.3 Å². The van der Waals surface area contributed by atoms with Crippen molar-refractivity contribution in [1.82, 2.24) is 10.2 Å². The van der Waals surface area contributed by atoms with E-state index in [1.807, 2.05) is 13.8 Å². The van der Waals surface area contributed by atoms with Gasteiger partial charge in [0.05, 0.1) is 19.2 Å². The Morgan fingerprint density at radius 1 is 1.45 bits per heavy atom. The molecule has 1 saturated heterocycles. The van der Waals surface area contributed by atoms with E-state index in [1.165, 1.54) is 12.0 Å². The van der Waals surface area contributed by atoms with Crippen LogP contribution >= 0.6 is 0 Å². The molecule has 1 fully saturated rings. The van der Waals surface area contributed by atoms with Gasteiger partial charge in [0.25, 0.3) is 5.91 Å². The number of hydrogen-bond donors (Lipinski definition) is 2. The van der Waals surface area contributed by atoms with Crippen LogP contribution in [-0.2, 0) is 16.1 Å². The second-order valence-electron chi connectivity index (χ2n) is 5.38. The number of carbonyl (C=O) groups excluding carboxylic acids is 2. The van der Waals surface area contributed by atoms with Crippen LogP contribution in [-0.4, -0.2) is 29.8 Å². The summed E-state index contributed by atoms with van der Waals surface area (Å²) < 4.78 is 4.68. The molecule has 2 rings (SSSR count). The van der Waals surface area contributed by atoms with E-state index in [2.05, 4.69) is 10.1 Å². The van der Waals surface area contributed by atoms with Crippen LogP contribution in [0.4, 0.5) is 0 Å². The van der Waals surface area contributed by atoms with Crippen molar-refractivity contribution in [1.29, 1.82) is 5.41 Å². The summed E-state index contributed by atoms with van der Waals surface area (Å²) in [6.07, 6.45) is 1.79. The number of nitrogens with one attached hydrogen (secondary N) is 2. The van der Waals surface area contributed by atoms with Crippen molar-refractivity contribution in [3.8, 4) is 0 Å². The zero-order valence-electron chi connectivity index (χ0n) is 12.8. The first-order valence-corrected chi connectivity index (χ1v) is 6.99. The number of allylic oxidation sites excluding steroid dienone is 1. The molecule has 1 aromatic carbocycles. The molecule has 6 heteroatoms. The highest BCUT2D eigenvalue weighted by molar-refractivity contribution is 6.12. The van der Waals surface area contributed by atoms with Gasteiger partial charge in [-0.3, -0.25) is 15.1 Å². The van der Waals surface area contributed by atoms with Gasteiger partial charge >= 0.3 is 5.97 Å². The molecule has 0 bridgehead atoms. The van der Waals surface area contributed by atoms with Crippen molar-refractivity contribution < 1.29 is 14.3 Å². The summed E-state index contributed by atoms with van der Waals surface area (Å²) in [5, 5.41) is 10.7. The third kappa shape index (κ3) is 3.33. The quantitative estimate of drug-likeness (QED) is 0.657. The number of nitrogens with zero attached hydrogens (tertiary/aromatic N) is 1. The van der Waals surface area contributed by atoms with Crippen LogP contribution < -0.4 is 5.32 Å². The average molecular weight is 301 g/mol. The average Bonchev–Trinajstić information content (AvgIpc) is 2.73. The summed E-state index contributed by atoms with van der Waals surface area (Å²) in [5.74, 6) is -0.410. The molecule has 0 aromatic heterocycles. The lowest BCUT2D eigenvalue weighted by molar-refractivity contribution is -0.122. The van der Waals surface area contributed by atoms with Crippen molar-refractivity contribution in [3.63, 3.8) is 0 Å². The predicted molar refractivity (Wildman–Crippen MR) is 82.1 cm³/mol. The van der Waals surface area contributed by atoms with Crippen LogP contribution in [0.5, 0.6) is 0 Å². The standard InChI is InChI=1S/C16H19N3O3/c1-10(2)7-13-14(20)19(16(17)18-13)9-11-5-4-6-12(8-11)15(21)22-3/h4-8,10H,9H2,1-3H3,(H2,17,18)/b13-7-. The van der Waals surface area contributed by atoms with Crippen LogP contribution in [0.15, 0.2) is 36.0 Å². The Hall–Kier alpha value is -2.63. The molecule has 1 aliphatic heterocycles. The van der Waals surface area contributed by atoms with E-state index in [0.717, 1.165) is 5.56 Å². The maximum atomic E-state index is 12.3. The molecule has 0 atom stereocenters. The zero-order valence-corrected chi connectivity index (χ0v) is 12.8. The van der Waals surface area contributed by atoms with Crippen LogP contribution in [0, 0.1) is 11.3 Å². The number of methoxy groups -OCH3 is 1. The molecule has 0 saturated carbocycles. The van der Waals surface area contributed by atoms with Crippen molar-refractivity contribution in [2.45, 2.75) is 20.4 Å². The number of guanidine groups is 1. The summed E-state index contributed by atoms with van der Waals surface area (Å²) in [7, 11) is 1.32. The van der Waals surface area contributed by atoms with Crippen molar-refractivity contribution in [2.75, 3.05) is 7.11 Å². The molecule has 6 nitrogen and oxygen atoms in total. The van der Waals surface area contributed by atoms with Gasteiger partial charge in [-0.2, -0.15) is 0 Å². The number of benzene rings is 1. The largest absolute Gasteiger partial charge is 0.465 e. The molecule has 1 heterocycles. The summed E-state index contributed by atoms with van der Waals surface area (Å²) in [6.45, 7) is 4.16. The van der Waals surface area contributed by atoms with E-state index in [4.69, 9.17) is 5.41 Å². The molecule has 116 valence electrons. The van der Waals surface area contributed by atoms with Crippen LogP contribution in [0.2, 0.25) is 0 Å². The number of amides is 1. The van der Waals surface area contributed by atoms with Gasteiger partial charge < -0.3 is 10.1 Å². The first-order valence-electron chi connectivity index (χ1n) is 6.99. The molecule has 1 aliphatic rings. The first kappa shape index (κ1) is 15.8. The third-order valence-electron chi connectivity index (χ3n) is 3.19. The van der Waals surface area contributed by atoms with Gasteiger partial charge in [0, 0.05) is 0 Å². The minimum absolute atomic E-state index is 0.0420. The Kier molecular flexibility index (Phi) is 4.60. The molecule has 0 aliphatic carbocycles. The number of ether oxygens (including phenoxy) is 1. The molecule has 0 radical (unpaired) electrons. The number of esters is 1. The Morgan fingerprint density at radius 3 is 2.82 bits per heavy atom. The smallest absolute Gasteiger partial charge is 0.337 e. The molecular formula is C16H19N3O3. The summed E-state index contributed by atoms with van der Waals surface area (Å²) in [6, 6.07) is 6.84. The van der Waals surface area contributed by atoms with Crippen molar-refractivity contribution in [3.05, 3.63) is 47.2 Å². The fourth-order valence-electron chi connectivity index (χ4n) is 2.19. The van der Waals surface area contributed by atoms with Gasteiger partial charge in [0.15, 0.2) is 0 Å². The Bertz CT molecular complexity index is 650. The Morgan fingerprint density at radius 2 is 2.18 bits per heavy atom. The number of rotatable bonds is 4. The number of carbonyl (C=O) groups is 2.